The van der Waals surface area contributed by atoms with E-state index in [0.29, 0.717) is 0 Å². The van der Waals surface area contributed by atoms with Gasteiger partial charge >= 0.3 is 34.5 Å². The fourth-order valence-corrected chi connectivity index (χ4v) is 0. The summed E-state index contributed by atoms with van der Waals surface area (Å²) in [5, 5.41) is 0. The van der Waals surface area contributed by atoms with E-state index in [2.05, 4.69) is 0 Å². The summed E-state index contributed by atoms with van der Waals surface area (Å²) < 4.78 is 0. The van der Waals surface area contributed by atoms with E-state index in [1.165, 1.54) is 4.90 Å². The van der Waals surface area contributed by atoms with Crippen LogP contribution >= 0.6 is 19.4 Å². The standard InChI is InChI=1S/C3H7NO.2ClH.Ru/c1-4(2)3-5;;;/h3H,1-2H3;2*1H;/q;;;+2/p-2. The van der Waals surface area contributed by atoms with E-state index in [1.54, 1.807) is 14.1 Å². The average Bonchev–Trinajstić information content (AvgIpc) is 1.69. The van der Waals surface area contributed by atoms with Crippen molar-refractivity contribution in [2.75, 3.05) is 14.1 Å². The van der Waals surface area contributed by atoms with Gasteiger partial charge in [-0.05, 0) is 0 Å². The van der Waals surface area contributed by atoms with Crippen LogP contribution in [-0.4, -0.2) is 25.4 Å². The molecule has 0 unspecified atom stereocenters. The fourth-order valence-electron chi connectivity index (χ4n) is 0. The summed E-state index contributed by atoms with van der Waals surface area (Å²) >= 11 is -0.346. The van der Waals surface area contributed by atoms with E-state index in [-0.39, 0.29) is 15.1 Å². The molecule has 0 atom stereocenters. The molecule has 0 saturated heterocycles. The third kappa shape index (κ3) is 30.1. The summed E-state index contributed by atoms with van der Waals surface area (Å²) in [5.74, 6) is 0. The number of rotatable bonds is 1. The number of carbonyl (C=O) groups is 1. The van der Waals surface area contributed by atoms with E-state index < -0.39 is 0 Å². The van der Waals surface area contributed by atoms with Gasteiger partial charge in [-0.2, -0.15) is 0 Å². The molecular formula is C3H7Cl2NORu. The van der Waals surface area contributed by atoms with E-state index in [0.717, 1.165) is 6.41 Å². The molecule has 0 aliphatic carbocycles. The van der Waals surface area contributed by atoms with Gasteiger partial charge in [-0.15, -0.1) is 0 Å². The fraction of sp³-hybridized carbons (Fsp3) is 0.667. The number of nitrogens with zero attached hydrogens (tertiary/aromatic N) is 1. The zero-order valence-corrected chi connectivity index (χ0v) is 7.79. The molecule has 0 aliphatic rings. The van der Waals surface area contributed by atoms with Crippen molar-refractivity contribution in [2.24, 2.45) is 0 Å². The molecule has 0 radical (unpaired) electrons. The van der Waals surface area contributed by atoms with Crippen LogP contribution < -0.4 is 0 Å². The van der Waals surface area contributed by atoms with E-state index in [1.807, 2.05) is 0 Å². The average molecular weight is 245 g/mol. The first-order valence-electron chi connectivity index (χ1n) is 1.66. The van der Waals surface area contributed by atoms with Crippen LogP contribution in [0, 0.1) is 0 Å². The maximum absolute atomic E-state index is 9.43. The van der Waals surface area contributed by atoms with Crippen LogP contribution in [0.1, 0.15) is 0 Å². The van der Waals surface area contributed by atoms with Crippen LogP contribution in [0.15, 0.2) is 0 Å². The van der Waals surface area contributed by atoms with Crippen LogP contribution in [-0.2, 0) is 19.9 Å². The van der Waals surface area contributed by atoms with E-state index in [9.17, 15) is 4.79 Å². The van der Waals surface area contributed by atoms with Crippen molar-refractivity contribution in [1.29, 1.82) is 0 Å². The summed E-state index contributed by atoms with van der Waals surface area (Å²) in [6, 6.07) is 0. The van der Waals surface area contributed by atoms with Gasteiger partial charge in [-0.1, -0.05) is 0 Å². The zero-order valence-electron chi connectivity index (χ0n) is 4.54. The summed E-state index contributed by atoms with van der Waals surface area (Å²) in [4.78, 5) is 10.9. The number of hydrogen-bond donors (Lipinski definition) is 0. The summed E-state index contributed by atoms with van der Waals surface area (Å²) in [5.41, 5.74) is 0. The molecule has 1 amide bonds. The molecule has 52 valence electrons. The molecule has 0 fully saturated rings. The minimum atomic E-state index is -0.346. The van der Waals surface area contributed by atoms with Gasteiger partial charge in [0.25, 0.3) is 0 Å². The van der Waals surface area contributed by atoms with Crippen molar-refractivity contribution < 1.29 is 19.9 Å². The number of halogens is 2. The van der Waals surface area contributed by atoms with Crippen molar-refractivity contribution in [3.8, 4) is 0 Å². The molecule has 0 heterocycles. The molecule has 0 saturated carbocycles. The summed E-state index contributed by atoms with van der Waals surface area (Å²) in [6.45, 7) is 0. The van der Waals surface area contributed by atoms with Gasteiger partial charge in [0.2, 0.25) is 6.41 Å². The van der Waals surface area contributed by atoms with Crippen LogP contribution in [0.2, 0.25) is 0 Å². The third-order valence-corrected chi connectivity index (χ3v) is 0.211. The van der Waals surface area contributed by atoms with Gasteiger partial charge in [0.05, 0.1) is 0 Å². The topological polar surface area (TPSA) is 20.3 Å². The molecule has 8 heavy (non-hydrogen) atoms. The number of amides is 1. The van der Waals surface area contributed by atoms with Crippen molar-refractivity contribution in [3.05, 3.63) is 0 Å². The minimum absolute atomic E-state index is 0.346. The van der Waals surface area contributed by atoms with Gasteiger partial charge < -0.3 is 4.90 Å². The molecule has 0 N–H and O–H groups in total. The summed E-state index contributed by atoms with van der Waals surface area (Å²) in [6.07, 6.45) is 0.750. The SMILES string of the molecule is CN(C)C=O.[Cl][Ru][Cl]. The molecule has 0 bridgehead atoms. The van der Waals surface area contributed by atoms with Crippen LogP contribution in [0.4, 0.5) is 0 Å². The Bertz CT molecular complexity index is 52.5. The number of carbonyl (C=O) groups excluding carboxylic acids is 1. The van der Waals surface area contributed by atoms with Crippen LogP contribution in [0.5, 0.6) is 0 Å². The van der Waals surface area contributed by atoms with Crippen molar-refractivity contribution in [2.45, 2.75) is 0 Å². The van der Waals surface area contributed by atoms with Crippen LogP contribution in [0.3, 0.4) is 0 Å². The first kappa shape index (κ1) is 11.5. The molecule has 2 nitrogen and oxygen atoms in total. The number of hydrogen-bond acceptors (Lipinski definition) is 1. The third-order valence-electron chi connectivity index (χ3n) is 0.211. The molecule has 5 heteroatoms. The van der Waals surface area contributed by atoms with E-state index in [4.69, 9.17) is 19.4 Å². The molecule has 0 spiro atoms. The Hall–Kier alpha value is 0.673. The molecule has 0 aromatic heterocycles. The molecule has 0 aromatic rings. The second-order valence-electron chi connectivity index (χ2n) is 1.12. The van der Waals surface area contributed by atoms with Crippen molar-refractivity contribution >= 4 is 25.8 Å². The monoisotopic (exact) mass is 245 g/mol. The quantitative estimate of drug-likeness (QED) is 0.500. The second-order valence-corrected chi connectivity index (χ2v) is 3.76. The first-order valence-corrected chi connectivity index (χ1v) is 6.13. The Balaban J connectivity index is 0. The predicted octanol–water partition coefficient (Wildman–Crippen LogP) is 1.08. The Morgan fingerprint density at radius 2 is 1.62 bits per heavy atom. The van der Waals surface area contributed by atoms with Gasteiger partial charge in [-0.25, -0.2) is 0 Å². The first-order chi connectivity index (χ1) is 3.68. The van der Waals surface area contributed by atoms with Gasteiger partial charge in [-0.3, -0.25) is 4.79 Å². The van der Waals surface area contributed by atoms with Crippen LogP contribution in [0.25, 0.3) is 0 Å². The maximum atomic E-state index is 9.43. The molecular weight excluding hydrogens is 238 g/mol. The van der Waals surface area contributed by atoms with E-state index >= 15 is 0 Å². The second kappa shape index (κ2) is 10.6. The van der Waals surface area contributed by atoms with Crippen molar-refractivity contribution in [3.63, 3.8) is 0 Å². The zero-order chi connectivity index (χ0) is 6.99. The predicted molar refractivity (Wildman–Crippen MR) is 31.5 cm³/mol. The molecule has 0 rings (SSSR count). The van der Waals surface area contributed by atoms with Gasteiger partial charge in [0.15, 0.2) is 0 Å². The molecule has 0 aliphatic heterocycles. The Kier molecular flexibility index (Phi) is 15.2. The van der Waals surface area contributed by atoms with Gasteiger partial charge in [0, 0.05) is 14.1 Å². The summed E-state index contributed by atoms with van der Waals surface area (Å²) in [7, 11) is 13.1. The van der Waals surface area contributed by atoms with Gasteiger partial charge in [0.1, 0.15) is 0 Å². The Morgan fingerprint density at radius 3 is 1.62 bits per heavy atom. The molecule has 0 aromatic carbocycles. The Labute approximate surface area is 64.8 Å². The Morgan fingerprint density at radius 1 is 1.50 bits per heavy atom. The van der Waals surface area contributed by atoms with Crippen molar-refractivity contribution in [1.82, 2.24) is 4.90 Å². The normalized spacial score (nSPS) is 7.00.